The Balaban J connectivity index is 2.93. The molecule has 0 aliphatic rings. The lowest BCUT2D eigenvalue weighted by Crippen LogP contribution is -2.07. The van der Waals surface area contributed by atoms with Crippen LogP contribution in [0.1, 0.15) is 16.3 Å². The molecule has 1 aromatic heterocycles. The molecule has 4 heteroatoms. The summed E-state index contributed by atoms with van der Waals surface area (Å²) in [6.45, 7) is 3.98. The van der Waals surface area contributed by atoms with E-state index >= 15 is 0 Å². The third kappa shape index (κ3) is 1.97. The highest BCUT2D eigenvalue weighted by Crippen LogP contribution is 2.18. The first-order valence-electron chi connectivity index (χ1n) is 3.38. The van der Waals surface area contributed by atoms with Crippen LogP contribution in [0.4, 0.5) is 0 Å². The SMILES string of the molecule is Cc1cc(C)n(C(Br)CCl)n1. The molecule has 1 rings (SSSR count). The van der Waals surface area contributed by atoms with Crippen molar-refractivity contribution in [3.63, 3.8) is 0 Å². The second-order valence-electron chi connectivity index (χ2n) is 2.46. The van der Waals surface area contributed by atoms with Gasteiger partial charge in [-0.15, -0.1) is 11.6 Å². The number of hydrogen-bond acceptors (Lipinski definition) is 1. The van der Waals surface area contributed by atoms with Crippen LogP contribution < -0.4 is 0 Å². The van der Waals surface area contributed by atoms with Crippen molar-refractivity contribution in [1.82, 2.24) is 9.78 Å². The quantitative estimate of drug-likeness (QED) is 0.723. The average molecular weight is 238 g/mol. The Morgan fingerprint density at radius 2 is 2.36 bits per heavy atom. The second kappa shape index (κ2) is 3.59. The molecule has 1 heterocycles. The van der Waals surface area contributed by atoms with Gasteiger partial charge in [0, 0.05) is 5.69 Å². The van der Waals surface area contributed by atoms with Gasteiger partial charge in [0.2, 0.25) is 0 Å². The first-order chi connectivity index (χ1) is 5.15. The summed E-state index contributed by atoms with van der Waals surface area (Å²) in [5, 5.41) is 4.27. The summed E-state index contributed by atoms with van der Waals surface area (Å²) in [6, 6.07) is 2.03. The summed E-state index contributed by atoms with van der Waals surface area (Å²) in [7, 11) is 0. The molecule has 11 heavy (non-hydrogen) atoms. The van der Waals surface area contributed by atoms with E-state index in [4.69, 9.17) is 11.6 Å². The molecule has 1 atom stereocenters. The normalized spacial score (nSPS) is 13.5. The van der Waals surface area contributed by atoms with Crippen LogP contribution >= 0.6 is 27.5 Å². The fourth-order valence-corrected chi connectivity index (χ4v) is 1.54. The highest BCUT2D eigenvalue weighted by Gasteiger charge is 2.08. The predicted molar refractivity (Wildman–Crippen MR) is 50.4 cm³/mol. The van der Waals surface area contributed by atoms with Crippen molar-refractivity contribution in [3.05, 3.63) is 17.5 Å². The van der Waals surface area contributed by atoms with Gasteiger partial charge in [-0.3, -0.25) is 4.68 Å². The lowest BCUT2D eigenvalue weighted by Gasteiger charge is -2.07. The van der Waals surface area contributed by atoms with Crippen molar-refractivity contribution in [3.8, 4) is 0 Å². The van der Waals surface area contributed by atoms with E-state index in [0.717, 1.165) is 11.4 Å². The molecular formula is C7H10BrClN2. The standard InChI is InChI=1S/C7H10BrClN2/c1-5-3-6(2)11(10-5)7(8)4-9/h3,7H,4H2,1-2H3. The van der Waals surface area contributed by atoms with Crippen molar-refractivity contribution in [1.29, 1.82) is 0 Å². The average Bonchev–Trinajstić information content (AvgIpc) is 2.28. The summed E-state index contributed by atoms with van der Waals surface area (Å²) in [5.74, 6) is 0.530. The lowest BCUT2D eigenvalue weighted by molar-refractivity contribution is 0.632. The number of alkyl halides is 2. The van der Waals surface area contributed by atoms with E-state index in [1.165, 1.54) is 0 Å². The van der Waals surface area contributed by atoms with Crippen molar-refractivity contribution >= 4 is 27.5 Å². The summed E-state index contributed by atoms with van der Waals surface area (Å²) >= 11 is 9.08. The lowest BCUT2D eigenvalue weighted by atomic mass is 10.4. The fraction of sp³-hybridized carbons (Fsp3) is 0.571. The Kier molecular flexibility index (Phi) is 2.96. The first kappa shape index (κ1) is 9.07. The predicted octanol–water partition coefficient (Wildman–Crippen LogP) is 2.63. The summed E-state index contributed by atoms with van der Waals surface area (Å²) in [4.78, 5) is 0.109. The van der Waals surface area contributed by atoms with E-state index in [-0.39, 0.29) is 4.95 Å². The summed E-state index contributed by atoms with van der Waals surface area (Å²) < 4.78 is 1.88. The van der Waals surface area contributed by atoms with Crippen molar-refractivity contribution in [2.75, 3.05) is 5.88 Å². The molecule has 1 aromatic rings. The van der Waals surface area contributed by atoms with Crippen LogP contribution in [0.5, 0.6) is 0 Å². The highest BCUT2D eigenvalue weighted by molar-refractivity contribution is 9.09. The third-order valence-electron chi connectivity index (χ3n) is 1.44. The molecule has 0 aromatic carbocycles. The Bertz CT molecular complexity index is 247. The van der Waals surface area contributed by atoms with Gasteiger partial charge in [0.1, 0.15) is 4.95 Å². The van der Waals surface area contributed by atoms with E-state index in [1.54, 1.807) is 0 Å². The van der Waals surface area contributed by atoms with Crippen LogP contribution in [-0.2, 0) is 0 Å². The van der Waals surface area contributed by atoms with E-state index in [2.05, 4.69) is 21.0 Å². The first-order valence-corrected chi connectivity index (χ1v) is 4.83. The zero-order chi connectivity index (χ0) is 8.43. The Hall–Kier alpha value is -0.0200. The maximum atomic E-state index is 5.66. The van der Waals surface area contributed by atoms with Crippen molar-refractivity contribution in [2.24, 2.45) is 0 Å². The molecule has 0 amide bonds. The third-order valence-corrected chi connectivity index (χ3v) is 2.81. The van der Waals surface area contributed by atoms with Gasteiger partial charge in [0.05, 0.1) is 11.6 Å². The van der Waals surface area contributed by atoms with Crippen LogP contribution in [-0.4, -0.2) is 15.7 Å². The maximum absolute atomic E-state index is 5.66. The molecular weight excluding hydrogens is 227 g/mol. The molecule has 62 valence electrons. The van der Waals surface area contributed by atoms with Crippen molar-refractivity contribution < 1.29 is 0 Å². The van der Waals surface area contributed by atoms with Gasteiger partial charge in [0.25, 0.3) is 0 Å². The molecule has 1 unspecified atom stereocenters. The largest absolute Gasteiger partial charge is 0.255 e. The monoisotopic (exact) mass is 236 g/mol. The Morgan fingerprint density at radius 3 is 2.73 bits per heavy atom. The van der Waals surface area contributed by atoms with Gasteiger partial charge in [-0.25, -0.2) is 0 Å². The summed E-state index contributed by atoms with van der Waals surface area (Å²) in [6.07, 6.45) is 0. The molecule has 0 fully saturated rings. The minimum absolute atomic E-state index is 0.109. The Morgan fingerprint density at radius 1 is 1.73 bits per heavy atom. The van der Waals surface area contributed by atoms with Crippen LogP contribution in [0, 0.1) is 13.8 Å². The highest BCUT2D eigenvalue weighted by atomic mass is 79.9. The molecule has 0 N–H and O–H groups in total. The van der Waals surface area contributed by atoms with Gasteiger partial charge in [-0.2, -0.15) is 5.10 Å². The van der Waals surface area contributed by atoms with Gasteiger partial charge < -0.3 is 0 Å². The van der Waals surface area contributed by atoms with E-state index in [0.29, 0.717) is 5.88 Å². The number of halogens is 2. The molecule has 0 radical (unpaired) electrons. The molecule has 0 bridgehead atoms. The zero-order valence-corrected chi connectivity index (χ0v) is 8.85. The number of nitrogens with zero attached hydrogens (tertiary/aromatic N) is 2. The van der Waals surface area contributed by atoms with Crippen LogP contribution in [0.3, 0.4) is 0 Å². The van der Waals surface area contributed by atoms with Gasteiger partial charge in [-0.1, -0.05) is 15.9 Å². The van der Waals surface area contributed by atoms with E-state index < -0.39 is 0 Å². The van der Waals surface area contributed by atoms with Crippen molar-refractivity contribution in [2.45, 2.75) is 18.8 Å². The van der Waals surface area contributed by atoms with Gasteiger partial charge in [-0.05, 0) is 19.9 Å². The van der Waals surface area contributed by atoms with Gasteiger partial charge >= 0.3 is 0 Å². The molecule has 0 saturated carbocycles. The minimum Gasteiger partial charge on any atom is -0.255 e. The molecule has 0 spiro atoms. The van der Waals surface area contributed by atoms with Gasteiger partial charge in [0.15, 0.2) is 0 Å². The van der Waals surface area contributed by atoms with Crippen LogP contribution in [0.2, 0.25) is 0 Å². The minimum atomic E-state index is 0.109. The van der Waals surface area contributed by atoms with Crippen LogP contribution in [0.25, 0.3) is 0 Å². The Labute approximate surface area is 79.7 Å². The number of aryl methyl sites for hydroxylation is 2. The molecule has 2 nitrogen and oxygen atoms in total. The van der Waals surface area contributed by atoms with E-state index in [1.807, 2.05) is 24.6 Å². The second-order valence-corrected chi connectivity index (χ2v) is 3.83. The fourth-order valence-electron chi connectivity index (χ4n) is 0.995. The smallest absolute Gasteiger partial charge is 0.120 e. The molecule has 0 saturated heterocycles. The number of aromatic nitrogens is 2. The molecule has 0 aliphatic carbocycles. The maximum Gasteiger partial charge on any atom is 0.120 e. The van der Waals surface area contributed by atoms with Crippen LogP contribution in [0.15, 0.2) is 6.07 Å². The summed E-state index contributed by atoms with van der Waals surface area (Å²) in [5.41, 5.74) is 2.15. The number of rotatable bonds is 2. The topological polar surface area (TPSA) is 17.8 Å². The number of hydrogen-bond donors (Lipinski definition) is 0. The zero-order valence-electron chi connectivity index (χ0n) is 6.51. The molecule has 0 aliphatic heterocycles. The van der Waals surface area contributed by atoms with E-state index in [9.17, 15) is 0 Å².